The molecule has 7 heteroatoms. The summed E-state index contributed by atoms with van der Waals surface area (Å²) >= 11 is 1.28. The summed E-state index contributed by atoms with van der Waals surface area (Å²) in [4.78, 5) is 27.2. The van der Waals surface area contributed by atoms with Gasteiger partial charge < -0.3 is 14.6 Å². The highest BCUT2D eigenvalue weighted by Crippen LogP contribution is 2.17. The highest BCUT2D eigenvalue weighted by atomic mass is 32.2. The Labute approximate surface area is 128 Å². The Hall–Kier alpha value is -1.34. The number of ether oxygens (including phenoxy) is 1. The molecular weight excluding hydrogens is 290 g/mol. The summed E-state index contributed by atoms with van der Waals surface area (Å²) in [5, 5.41) is 3.43. The SMILES string of the molecule is CC(C)n1ccc(=O)nc1SCC(=O)NC[C@@H]1CCCO1. The van der Waals surface area contributed by atoms with Gasteiger partial charge in [0.2, 0.25) is 5.91 Å². The molecule has 1 aromatic rings. The molecule has 0 aliphatic carbocycles. The second kappa shape index (κ2) is 7.61. The van der Waals surface area contributed by atoms with Crippen LogP contribution in [-0.2, 0) is 9.53 Å². The molecule has 2 heterocycles. The van der Waals surface area contributed by atoms with Crippen LogP contribution in [0.4, 0.5) is 0 Å². The smallest absolute Gasteiger partial charge is 0.273 e. The van der Waals surface area contributed by atoms with Gasteiger partial charge in [-0.15, -0.1) is 0 Å². The third kappa shape index (κ3) is 4.86. The van der Waals surface area contributed by atoms with E-state index in [1.165, 1.54) is 17.8 Å². The summed E-state index contributed by atoms with van der Waals surface area (Å²) in [5.41, 5.74) is -0.283. The zero-order chi connectivity index (χ0) is 15.2. The Bertz CT molecular complexity index is 539. The van der Waals surface area contributed by atoms with Crippen molar-refractivity contribution in [1.82, 2.24) is 14.9 Å². The molecule has 0 radical (unpaired) electrons. The zero-order valence-electron chi connectivity index (χ0n) is 12.4. The Balaban J connectivity index is 1.85. The second-order valence-electron chi connectivity index (χ2n) is 5.28. The predicted octanol–water partition coefficient (Wildman–Crippen LogP) is 1.21. The van der Waals surface area contributed by atoms with E-state index in [0.29, 0.717) is 11.7 Å². The fourth-order valence-corrected chi connectivity index (χ4v) is 3.05. The maximum atomic E-state index is 11.8. The predicted molar refractivity (Wildman–Crippen MR) is 81.6 cm³/mol. The number of carbonyl (C=O) groups excluding carboxylic acids is 1. The van der Waals surface area contributed by atoms with Crippen molar-refractivity contribution in [2.45, 2.75) is 44.0 Å². The fourth-order valence-electron chi connectivity index (χ4n) is 2.11. The van der Waals surface area contributed by atoms with Crippen LogP contribution in [0.25, 0.3) is 0 Å². The highest BCUT2D eigenvalue weighted by molar-refractivity contribution is 7.99. The van der Waals surface area contributed by atoms with Crippen molar-refractivity contribution < 1.29 is 9.53 Å². The standard InChI is InChI=1S/C14H21N3O3S/c1-10(2)17-6-5-12(18)16-14(17)21-9-13(19)15-8-11-4-3-7-20-11/h5-6,10-11H,3-4,7-9H2,1-2H3,(H,15,19)/t11-/m0/s1. The van der Waals surface area contributed by atoms with Crippen molar-refractivity contribution in [2.75, 3.05) is 18.9 Å². The molecule has 1 aliphatic rings. The molecule has 1 aliphatic heterocycles. The fraction of sp³-hybridized carbons (Fsp3) is 0.643. The van der Waals surface area contributed by atoms with E-state index in [9.17, 15) is 9.59 Å². The van der Waals surface area contributed by atoms with Crippen molar-refractivity contribution in [1.29, 1.82) is 0 Å². The van der Waals surface area contributed by atoms with Crippen LogP contribution in [0, 0.1) is 0 Å². The summed E-state index contributed by atoms with van der Waals surface area (Å²) < 4.78 is 7.34. The van der Waals surface area contributed by atoms with E-state index < -0.39 is 0 Å². The first-order valence-corrected chi connectivity index (χ1v) is 8.15. The number of thioether (sulfide) groups is 1. The van der Waals surface area contributed by atoms with Crippen molar-refractivity contribution >= 4 is 17.7 Å². The zero-order valence-corrected chi connectivity index (χ0v) is 13.2. The lowest BCUT2D eigenvalue weighted by Gasteiger charge is -2.15. The van der Waals surface area contributed by atoms with E-state index in [2.05, 4.69) is 10.3 Å². The number of hydrogen-bond acceptors (Lipinski definition) is 5. The van der Waals surface area contributed by atoms with E-state index in [0.717, 1.165) is 19.4 Å². The first kappa shape index (κ1) is 16.0. The number of nitrogens with one attached hydrogen (secondary N) is 1. The normalized spacial score (nSPS) is 18.1. The number of rotatable bonds is 6. The van der Waals surface area contributed by atoms with Gasteiger partial charge in [0.05, 0.1) is 11.9 Å². The average Bonchev–Trinajstić information content (AvgIpc) is 2.96. The molecule has 1 N–H and O–H groups in total. The van der Waals surface area contributed by atoms with Crippen LogP contribution in [0.1, 0.15) is 32.7 Å². The third-order valence-corrected chi connectivity index (χ3v) is 4.21. The van der Waals surface area contributed by atoms with Gasteiger partial charge in [-0.1, -0.05) is 11.8 Å². The summed E-state index contributed by atoms with van der Waals surface area (Å²) in [6, 6.07) is 1.62. The largest absolute Gasteiger partial charge is 0.376 e. The van der Waals surface area contributed by atoms with Gasteiger partial charge in [0.25, 0.3) is 5.56 Å². The summed E-state index contributed by atoms with van der Waals surface area (Å²) in [7, 11) is 0. The minimum atomic E-state index is -0.283. The average molecular weight is 311 g/mol. The van der Waals surface area contributed by atoms with E-state index in [-0.39, 0.29) is 29.4 Å². The van der Waals surface area contributed by atoms with Crippen molar-refractivity contribution in [3.8, 4) is 0 Å². The van der Waals surface area contributed by atoms with Gasteiger partial charge in [0, 0.05) is 31.5 Å². The van der Waals surface area contributed by atoms with Crippen LogP contribution < -0.4 is 10.9 Å². The molecule has 1 saturated heterocycles. The Morgan fingerprint density at radius 1 is 1.62 bits per heavy atom. The number of amides is 1. The molecule has 2 rings (SSSR count). The maximum Gasteiger partial charge on any atom is 0.273 e. The number of nitrogens with zero attached hydrogens (tertiary/aromatic N) is 2. The Morgan fingerprint density at radius 3 is 3.10 bits per heavy atom. The molecular formula is C14H21N3O3S. The van der Waals surface area contributed by atoms with Gasteiger partial charge in [0.15, 0.2) is 5.16 Å². The monoisotopic (exact) mass is 311 g/mol. The quantitative estimate of drug-likeness (QED) is 0.631. The van der Waals surface area contributed by atoms with Gasteiger partial charge in [-0.3, -0.25) is 9.59 Å². The lowest BCUT2D eigenvalue weighted by molar-refractivity contribution is -0.119. The van der Waals surface area contributed by atoms with Crippen molar-refractivity contribution in [2.24, 2.45) is 0 Å². The van der Waals surface area contributed by atoms with E-state index in [1.54, 1.807) is 6.20 Å². The molecule has 21 heavy (non-hydrogen) atoms. The first-order chi connectivity index (χ1) is 10.1. The van der Waals surface area contributed by atoms with Crippen LogP contribution in [0.5, 0.6) is 0 Å². The van der Waals surface area contributed by atoms with E-state index in [4.69, 9.17) is 4.74 Å². The minimum absolute atomic E-state index is 0.0658. The molecule has 1 atom stereocenters. The topological polar surface area (TPSA) is 73.2 Å². The lowest BCUT2D eigenvalue weighted by atomic mass is 10.2. The maximum absolute atomic E-state index is 11.8. The van der Waals surface area contributed by atoms with Gasteiger partial charge in [-0.2, -0.15) is 4.98 Å². The third-order valence-electron chi connectivity index (χ3n) is 3.24. The van der Waals surface area contributed by atoms with Crippen molar-refractivity contribution in [3.63, 3.8) is 0 Å². The molecule has 1 amide bonds. The number of carbonyl (C=O) groups is 1. The Morgan fingerprint density at radius 2 is 2.43 bits per heavy atom. The Kier molecular flexibility index (Phi) is 5.81. The molecule has 0 aromatic carbocycles. The lowest BCUT2D eigenvalue weighted by Crippen LogP contribution is -2.33. The van der Waals surface area contributed by atoms with E-state index in [1.807, 2.05) is 18.4 Å². The summed E-state index contributed by atoms with van der Waals surface area (Å²) in [6.45, 7) is 5.35. The summed E-state index contributed by atoms with van der Waals surface area (Å²) in [5.74, 6) is 0.180. The summed E-state index contributed by atoms with van der Waals surface area (Å²) in [6.07, 6.45) is 3.92. The molecule has 1 aromatic heterocycles. The van der Waals surface area contributed by atoms with Gasteiger partial charge >= 0.3 is 0 Å². The van der Waals surface area contributed by atoms with Crippen LogP contribution in [0.2, 0.25) is 0 Å². The second-order valence-corrected chi connectivity index (χ2v) is 6.22. The molecule has 6 nitrogen and oxygen atoms in total. The van der Waals surface area contributed by atoms with Gasteiger partial charge in [-0.05, 0) is 26.7 Å². The van der Waals surface area contributed by atoms with Gasteiger partial charge in [0.1, 0.15) is 0 Å². The van der Waals surface area contributed by atoms with Crippen molar-refractivity contribution in [3.05, 3.63) is 22.6 Å². The molecule has 0 saturated carbocycles. The molecule has 0 spiro atoms. The van der Waals surface area contributed by atoms with Crippen LogP contribution in [0.3, 0.4) is 0 Å². The minimum Gasteiger partial charge on any atom is -0.376 e. The molecule has 0 bridgehead atoms. The van der Waals surface area contributed by atoms with Crippen LogP contribution >= 0.6 is 11.8 Å². The number of hydrogen-bond donors (Lipinski definition) is 1. The van der Waals surface area contributed by atoms with Gasteiger partial charge in [-0.25, -0.2) is 0 Å². The molecule has 116 valence electrons. The van der Waals surface area contributed by atoms with Crippen LogP contribution in [0.15, 0.2) is 22.2 Å². The van der Waals surface area contributed by atoms with Crippen LogP contribution in [-0.4, -0.2) is 40.5 Å². The first-order valence-electron chi connectivity index (χ1n) is 7.16. The number of aromatic nitrogens is 2. The molecule has 1 fully saturated rings. The molecule has 0 unspecified atom stereocenters. The highest BCUT2D eigenvalue weighted by Gasteiger charge is 2.16. The van der Waals surface area contributed by atoms with E-state index >= 15 is 0 Å².